The Morgan fingerprint density at radius 3 is 2.41 bits per heavy atom. The van der Waals surface area contributed by atoms with E-state index in [0.29, 0.717) is 12.2 Å². The molecule has 0 spiro atoms. The monoisotopic (exact) mass is 357 g/mol. The predicted octanol–water partition coefficient (Wildman–Crippen LogP) is 5.36. The minimum atomic E-state index is 0.0447. The van der Waals surface area contributed by atoms with Gasteiger partial charge in [0.1, 0.15) is 5.78 Å². The molecule has 1 saturated carbocycles. The summed E-state index contributed by atoms with van der Waals surface area (Å²) in [5.41, 5.74) is 2.24. The van der Waals surface area contributed by atoms with E-state index in [4.69, 9.17) is 0 Å². The van der Waals surface area contributed by atoms with Gasteiger partial charge in [-0.3, -0.25) is 4.79 Å². The van der Waals surface area contributed by atoms with Gasteiger partial charge in [0.15, 0.2) is 0 Å². The second-order valence-electron chi connectivity index (χ2n) is 5.86. The maximum Gasteiger partial charge on any atom is 0.138 e. The first-order valence-electron chi connectivity index (χ1n) is 7.84. The molecule has 0 bridgehead atoms. The molecule has 0 saturated heterocycles. The average molecular weight is 358 g/mol. The summed E-state index contributed by atoms with van der Waals surface area (Å²) in [5.74, 6) is 0.456. The molecule has 1 fully saturated rings. The maximum atomic E-state index is 12.4. The summed E-state index contributed by atoms with van der Waals surface area (Å²) in [6, 6.07) is 18.5. The Bertz CT molecular complexity index is 624. The summed E-state index contributed by atoms with van der Waals surface area (Å²) in [7, 11) is 0. The molecular weight excluding hydrogens is 338 g/mol. The number of hydrogen-bond donors (Lipinski definition) is 1. The van der Waals surface area contributed by atoms with Gasteiger partial charge in [-0.15, -0.1) is 0 Å². The third-order valence-corrected chi connectivity index (χ3v) is 4.86. The third-order valence-electron chi connectivity index (χ3n) is 4.33. The topological polar surface area (TPSA) is 29.1 Å². The van der Waals surface area contributed by atoms with Gasteiger partial charge >= 0.3 is 0 Å². The van der Waals surface area contributed by atoms with Gasteiger partial charge in [-0.05, 0) is 42.7 Å². The average Bonchev–Trinajstić information content (AvgIpc) is 2.55. The highest BCUT2D eigenvalue weighted by Crippen LogP contribution is 2.35. The number of carbonyl (C=O) groups is 1. The van der Waals surface area contributed by atoms with Crippen LogP contribution in [0.4, 0.5) is 5.69 Å². The molecule has 1 N–H and O–H groups in total. The Labute approximate surface area is 140 Å². The molecule has 0 unspecified atom stereocenters. The van der Waals surface area contributed by atoms with Gasteiger partial charge in [-0.25, -0.2) is 0 Å². The van der Waals surface area contributed by atoms with Crippen molar-refractivity contribution in [2.24, 2.45) is 5.92 Å². The van der Waals surface area contributed by atoms with Crippen molar-refractivity contribution in [2.45, 2.75) is 31.7 Å². The Hall–Kier alpha value is -1.61. The van der Waals surface area contributed by atoms with E-state index in [1.165, 1.54) is 5.56 Å². The molecule has 2 aromatic carbocycles. The standard InChI is InChI=1S/C19H20BrNO/c20-15-12-10-14(11-13-15)19(17-8-4-5-9-18(17)22)21-16-6-2-1-3-7-16/h1-3,6-7,10-13,17,19,21H,4-5,8-9H2/t17-,19-/m0/s1. The van der Waals surface area contributed by atoms with E-state index in [2.05, 4.69) is 45.5 Å². The van der Waals surface area contributed by atoms with Crippen LogP contribution in [0.5, 0.6) is 0 Å². The van der Waals surface area contributed by atoms with Crippen LogP contribution < -0.4 is 5.32 Å². The van der Waals surface area contributed by atoms with Gasteiger partial charge in [0.25, 0.3) is 0 Å². The number of carbonyl (C=O) groups excluding carboxylic acids is 1. The van der Waals surface area contributed by atoms with E-state index in [9.17, 15) is 4.79 Å². The molecule has 0 amide bonds. The SMILES string of the molecule is O=C1CCCC[C@@H]1[C@@H](Nc1ccccc1)c1ccc(Br)cc1. The lowest BCUT2D eigenvalue weighted by molar-refractivity contribution is -0.125. The number of hydrogen-bond acceptors (Lipinski definition) is 2. The van der Waals surface area contributed by atoms with Crippen LogP contribution in [0.1, 0.15) is 37.3 Å². The Morgan fingerprint density at radius 1 is 1.00 bits per heavy atom. The number of Topliss-reactive ketones (excluding diaryl/α,β-unsaturated/α-hetero) is 1. The van der Waals surface area contributed by atoms with Crippen molar-refractivity contribution in [2.75, 3.05) is 5.32 Å². The Kier molecular flexibility index (Phi) is 4.94. The fourth-order valence-corrected chi connectivity index (χ4v) is 3.43. The molecule has 0 heterocycles. The van der Waals surface area contributed by atoms with Crippen molar-refractivity contribution in [3.05, 3.63) is 64.6 Å². The van der Waals surface area contributed by atoms with Crippen LogP contribution in [0.3, 0.4) is 0 Å². The minimum Gasteiger partial charge on any atom is -0.378 e. The van der Waals surface area contributed by atoms with Crippen LogP contribution in [-0.4, -0.2) is 5.78 Å². The molecule has 2 nitrogen and oxygen atoms in total. The van der Waals surface area contributed by atoms with Gasteiger partial charge in [0.2, 0.25) is 0 Å². The van der Waals surface area contributed by atoms with Gasteiger partial charge in [-0.2, -0.15) is 0 Å². The quantitative estimate of drug-likeness (QED) is 0.797. The maximum absolute atomic E-state index is 12.4. The Morgan fingerprint density at radius 2 is 1.73 bits per heavy atom. The summed E-state index contributed by atoms with van der Waals surface area (Å²) >= 11 is 3.48. The first kappa shape index (κ1) is 15.3. The first-order chi connectivity index (χ1) is 10.7. The molecule has 1 aliphatic carbocycles. The smallest absolute Gasteiger partial charge is 0.138 e. The minimum absolute atomic E-state index is 0.0447. The zero-order valence-corrected chi connectivity index (χ0v) is 14.1. The number of rotatable bonds is 4. The van der Waals surface area contributed by atoms with E-state index in [1.54, 1.807) is 0 Å². The van der Waals surface area contributed by atoms with Gasteiger partial charge < -0.3 is 5.32 Å². The van der Waals surface area contributed by atoms with Gasteiger partial charge in [0, 0.05) is 22.5 Å². The summed E-state index contributed by atoms with van der Waals surface area (Å²) in [6.07, 6.45) is 3.86. The van der Waals surface area contributed by atoms with Crippen LogP contribution in [0.2, 0.25) is 0 Å². The van der Waals surface area contributed by atoms with E-state index in [-0.39, 0.29) is 12.0 Å². The molecule has 1 aliphatic rings. The molecular formula is C19H20BrNO. The van der Waals surface area contributed by atoms with Crippen molar-refractivity contribution < 1.29 is 4.79 Å². The molecule has 2 aromatic rings. The zero-order valence-electron chi connectivity index (χ0n) is 12.5. The number of ketones is 1. The molecule has 0 aromatic heterocycles. The fourth-order valence-electron chi connectivity index (χ4n) is 3.16. The fraction of sp³-hybridized carbons (Fsp3) is 0.316. The van der Waals surface area contributed by atoms with Crippen LogP contribution in [0.25, 0.3) is 0 Å². The molecule has 0 aliphatic heterocycles. The number of nitrogens with one attached hydrogen (secondary N) is 1. The van der Waals surface area contributed by atoms with E-state index in [1.807, 2.05) is 30.3 Å². The lowest BCUT2D eigenvalue weighted by Crippen LogP contribution is -2.30. The highest BCUT2D eigenvalue weighted by molar-refractivity contribution is 9.10. The highest BCUT2D eigenvalue weighted by Gasteiger charge is 2.31. The van der Waals surface area contributed by atoms with E-state index >= 15 is 0 Å². The second kappa shape index (κ2) is 7.10. The Balaban J connectivity index is 1.90. The normalized spacial score (nSPS) is 19.7. The number of halogens is 1. The van der Waals surface area contributed by atoms with Crippen molar-refractivity contribution >= 4 is 27.4 Å². The summed E-state index contributed by atoms with van der Waals surface area (Å²) < 4.78 is 1.06. The van der Waals surface area contributed by atoms with Crippen LogP contribution in [0, 0.1) is 5.92 Å². The van der Waals surface area contributed by atoms with Gasteiger partial charge in [0.05, 0.1) is 6.04 Å². The second-order valence-corrected chi connectivity index (χ2v) is 6.77. The largest absolute Gasteiger partial charge is 0.378 e. The van der Waals surface area contributed by atoms with E-state index in [0.717, 1.165) is 29.4 Å². The van der Waals surface area contributed by atoms with Crippen molar-refractivity contribution in [1.82, 2.24) is 0 Å². The van der Waals surface area contributed by atoms with Crippen molar-refractivity contribution in [3.8, 4) is 0 Å². The molecule has 3 rings (SSSR count). The third kappa shape index (κ3) is 3.58. The van der Waals surface area contributed by atoms with Crippen molar-refractivity contribution in [1.29, 1.82) is 0 Å². The molecule has 22 heavy (non-hydrogen) atoms. The van der Waals surface area contributed by atoms with E-state index < -0.39 is 0 Å². The highest BCUT2D eigenvalue weighted by atomic mass is 79.9. The van der Waals surface area contributed by atoms with Gasteiger partial charge in [-0.1, -0.05) is 52.7 Å². The lowest BCUT2D eigenvalue weighted by Gasteiger charge is -2.31. The number of benzene rings is 2. The molecule has 2 atom stereocenters. The summed E-state index contributed by atoms with van der Waals surface area (Å²) in [5, 5.41) is 3.58. The first-order valence-corrected chi connectivity index (χ1v) is 8.63. The zero-order chi connectivity index (χ0) is 15.4. The number of para-hydroxylation sites is 1. The summed E-state index contributed by atoms with van der Waals surface area (Å²) in [6.45, 7) is 0. The molecule has 3 heteroatoms. The molecule has 0 radical (unpaired) electrons. The predicted molar refractivity (Wildman–Crippen MR) is 93.9 cm³/mol. The van der Waals surface area contributed by atoms with Crippen molar-refractivity contribution in [3.63, 3.8) is 0 Å². The lowest BCUT2D eigenvalue weighted by atomic mass is 9.80. The van der Waals surface area contributed by atoms with Crippen LogP contribution in [-0.2, 0) is 4.79 Å². The molecule has 114 valence electrons. The van der Waals surface area contributed by atoms with Crippen LogP contribution in [0.15, 0.2) is 59.1 Å². The summed E-state index contributed by atoms with van der Waals surface area (Å²) in [4.78, 5) is 12.4. The van der Waals surface area contributed by atoms with Crippen LogP contribution >= 0.6 is 15.9 Å². The number of anilines is 1.